The molecule has 1 saturated carbocycles. The van der Waals surface area contributed by atoms with Crippen molar-refractivity contribution in [2.75, 3.05) is 13.1 Å². The third-order valence-electron chi connectivity index (χ3n) is 4.23. The molecule has 1 fully saturated rings. The number of imidazole rings is 1. The van der Waals surface area contributed by atoms with E-state index in [1.54, 1.807) is 11.2 Å². The Kier molecular flexibility index (Phi) is 4.51. The summed E-state index contributed by atoms with van der Waals surface area (Å²) in [6.45, 7) is 4.41. The average Bonchev–Trinajstić information content (AvgIpc) is 2.88. The molecule has 7 heteroatoms. The Balaban J connectivity index is 2.40. The number of hydrogen-bond donors (Lipinski definition) is 2. The van der Waals surface area contributed by atoms with Crippen molar-refractivity contribution in [3.63, 3.8) is 0 Å². The largest absolute Gasteiger partial charge is 0.332 e. The number of H-pyrrole nitrogens is 1. The van der Waals surface area contributed by atoms with Gasteiger partial charge in [-0.25, -0.2) is 13.4 Å². The van der Waals surface area contributed by atoms with Gasteiger partial charge in [0.05, 0.1) is 6.20 Å². The third-order valence-corrected chi connectivity index (χ3v) is 6.22. The summed E-state index contributed by atoms with van der Waals surface area (Å²) in [7, 11) is -3.57. The summed E-state index contributed by atoms with van der Waals surface area (Å²) in [6.07, 6.45) is 6.28. The van der Waals surface area contributed by atoms with Crippen LogP contribution in [0.3, 0.4) is 0 Å². The Labute approximate surface area is 120 Å². The van der Waals surface area contributed by atoms with Gasteiger partial charge in [-0.2, -0.15) is 4.31 Å². The first kappa shape index (κ1) is 15.5. The molecule has 0 amide bonds. The monoisotopic (exact) mass is 300 g/mol. The number of hydrogen-bond acceptors (Lipinski definition) is 4. The van der Waals surface area contributed by atoms with Gasteiger partial charge in [0.25, 0.3) is 10.0 Å². The number of nitrogens with two attached hydrogens (primary N) is 1. The van der Waals surface area contributed by atoms with Crippen LogP contribution in [0.15, 0.2) is 11.2 Å². The maximum absolute atomic E-state index is 12.8. The maximum atomic E-state index is 12.8. The van der Waals surface area contributed by atoms with Crippen LogP contribution in [0.25, 0.3) is 0 Å². The highest BCUT2D eigenvalue weighted by Gasteiger charge is 2.43. The van der Waals surface area contributed by atoms with Crippen LogP contribution in [0.1, 0.15) is 44.9 Å². The van der Waals surface area contributed by atoms with Crippen molar-refractivity contribution in [2.45, 2.75) is 56.5 Å². The standard InChI is InChI=1S/C13H24N4O2S/c1-3-17(13(10-14)7-5-4-6-8-13)20(18,19)12-9-15-11(2)16-12/h9H,3-8,10,14H2,1-2H3,(H,15,16). The van der Waals surface area contributed by atoms with Crippen molar-refractivity contribution in [1.29, 1.82) is 0 Å². The van der Waals surface area contributed by atoms with Crippen molar-refractivity contribution in [1.82, 2.24) is 14.3 Å². The van der Waals surface area contributed by atoms with Gasteiger partial charge >= 0.3 is 0 Å². The number of nitrogens with zero attached hydrogens (tertiary/aromatic N) is 2. The van der Waals surface area contributed by atoms with E-state index in [1.807, 2.05) is 6.92 Å². The normalized spacial score (nSPS) is 19.4. The average molecular weight is 300 g/mol. The zero-order chi connectivity index (χ0) is 14.8. The van der Waals surface area contributed by atoms with Gasteiger partial charge in [-0.1, -0.05) is 26.2 Å². The van der Waals surface area contributed by atoms with Gasteiger partial charge in [0.2, 0.25) is 0 Å². The highest BCUT2D eigenvalue weighted by molar-refractivity contribution is 7.89. The number of aryl methyl sites for hydroxylation is 1. The smallest absolute Gasteiger partial charge is 0.260 e. The van der Waals surface area contributed by atoms with Crippen LogP contribution in [0.2, 0.25) is 0 Å². The molecule has 0 radical (unpaired) electrons. The first-order valence-corrected chi connectivity index (χ1v) is 8.65. The van der Waals surface area contributed by atoms with Crippen LogP contribution >= 0.6 is 0 Å². The molecule has 6 nitrogen and oxygen atoms in total. The van der Waals surface area contributed by atoms with E-state index in [0.29, 0.717) is 18.9 Å². The lowest BCUT2D eigenvalue weighted by Gasteiger charge is -2.44. The van der Waals surface area contributed by atoms with Crippen molar-refractivity contribution in [2.24, 2.45) is 5.73 Å². The summed E-state index contributed by atoms with van der Waals surface area (Å²) in [4.78, 5) is 6.83. The minimum Gasteiger partial charge on any atom is -0.332 e. The fourth-order valence-electron chi connectivity index (χ4n) is 3.17. The molecule has 0 aliphatic heterocycles. The first-order chi connectivity index (χ1) is 9.46. The second-order valence-electron chi connectivity index (χ2n) is 5.49. The number of sulfonamides is 1. The Morgan fingerprint density at radius 2 is 2.05 bits per heavy atom. The summed E-state index contributed by atoms with van der Waals surface area (Å²) in [5.41, 5.74) is 5.52. The molecule has 2 rings (SSSR count). The van der Waals surface area contributed by atoms with E-state index in [1.165, 1.54) is 6.20 Å². The molecule has 0 bridgehead atoms. The summed E-state index contributed by atoms with van der Waals surface area (Å²) < 4.78 is 27.3. The zero-order valence-corrected chi connectivity index (χ0v) is 13.0. The molecular weight excluding hydrogens is 276 g/mol. The van der Waals surface area contributed by atoms with Crippen molar-refractivity contribution < 1.29 is 8.42 Å². The predicted molar refractivity (Wildman–Crippen MR) is 77.8 cm³/mol. The van der Waals surface area contributed by atoms with Crippen molar-refractivity contribution >= 4 is 10.0 Å². The highest BCUT2D eigenvalue weighted by atomic mass is 32.2. The molecule has 1 heterocycles. The van der Waals surface area contributed by atoms with Gasteiger partial charge in [0.1, 0.15) is 5.82 Å². The third kappa shape index (κ3) is 2.62. The molecule has 0 saturated heterocycles. The van der Waals surface area contributed by atoms with E-state index >= 15 is 0 Å². The molecule has 20 heavy (non-hydrogen) atoms. The summed E-state index contributed by atoms with van der Waals surface area (Å²) in [5, 5.41) is 0.162. The van der Waals surface area contributed by atoms with E-state index in [-0.39, 0.29) is 5.03 Å². The molecule has 0 aromatic carbocycles. The van der Waals surface area contributed by atoms with E-state index < -0.39 is 15.6 Å². The van der Waals surface area contributed by atoms with Crippen LogP contribution < -0.4 is 5.73 Å². The summed E-state index contributed by atoms with van der Waals surface area (Å²) >= 11 is 0. The summed E-state index contributed by atoms with van der Waals surface area (Å²) in [5.74, 6) is 0.602. The minimum atomic E-state index is -3.57. The van der Waals surface area contributed by atoms with Gasteiger partial charge in [0, 0.05) is 18.6 Å². The Hall–Kier alpha value is -0.920. The Morgan fingerprint density at radius 3 is 2.50 bits per heavy atom. The van der Waals surface area contributed by atoms with Crippen LogP contribution in [0, 0.1) is 6.92 Å². The second kappa shape index (κ2) is 5.83. The number of likely N-dealkylation sites (N-methyl/N-ethyl adjacent to an activating group) is 1. The highest BCUT2D eigenvalue weighted by Crippen LogP contribution is 2.36. The lowest BCUT2D eigenvalue weighted by molar-refractivity contribution is 0.140. The molecule has 1 aromatic rings. The predicted octanol–water partition coefficient (Wildman–Crippen LogP) is 1.39. The molecule has 1 aliphatic rings. The van der Waals surface area contributed by atoms with Gasteiger partial charge in [-0.3, -0.25) is 0 Å². The van der Waals surface area contributed by atoms with E-state index in [9.17, 15) is 8.42 Å². The number of rotatable bonds is 5. The first-order valence-electron chi connectivity index (χ1n) is 7.21. The fraction of sp³-hybridized carbons (Fsp3) is 0.769. The number of aromatic nitrogens is 2. The van der Waals surface area contributed by atoms with Gasteiger partial charge < -0.3 is 10.7 Å². The topological polar surface area (TPSA) is 92.1 Å². The Bertz CT molecular complexity index is 546. The zero-order valence-electron chi connectivity index (χ0n) is 12.2. The van der Waals surface area contributed by atoms with Gasteiger partial charge in [-0.15, -0.1) is 0 Å². The molecule has 114 valence electrons. The molecule has 0 unspecified atom stereocenters. The molecule has 0 atom stereocenters. The van der Waals surface area contributed by atoms with Gasteiger partial charge in [-0.05, 0) is 19.8 Å². The fourth-order valence-corrected chi connectivity index (χ4v) is 4.98. The molecule has 1 aliphatic carbocycles. The summed E-state index contributed by atoms with van der Waals surface area (Å²) in [6, 6.07) is 0. The SMILES string of the molecule is CCN(C1(CN)CCCCC1)S(=O)(=O)c1cnc(C)[nH]1. The lowest BCUT2D eigenvalue weighted by Crippen LogP contribution is -2.57. The van der Waals surface area contributed by atoms with E-state index in [4.69, 9.17) is 5.73 Å². The number of aromatic amines is 1. The van der Waals surface area contributed by atoms with Gasteiger partial charge in [0.15, 0.2) is 5.03 Å². The van der Waals surface area contributed by atoms with Crippen molar-refractivity contribution in [3.8, 4) is 0 Å². The molecule has 1 aromatic heterocycles. The van der Waals surface area contributed by atoms with E-state index in [0.717, 1.165) is 32.1 Å². The molecule has 0 spiro atoms. The molecule has 3 N–H and O–H groups in total. The van der Waals surface area contributed by atoms with Crippen LogP contribution in [-0.4, -0.2) is 41.3 Å². The second-order valence-corrected chi connectivity index (χ2v) is 7.32. The van der Waals surface area contributed by atoms with E-state index in [2.05, 4.69) is 9.97 Å². The number of nitrogens with one attached hydrogen (secondary N) is 1. The molecular formula is C13H24N4O2S. The lowest BCUT2D eigenvalue weighted by atomic mass is 9.81. The van der Waals surface area contributed by atoms with Crippen LogP contribution in [0.4, 0.5) is 0 Å². The minimum absolute atomic E-state index is 0.162. The van der Waals surface area contributed by atoms with Crippen molar-refractivity contribution in [3.05, 3.63) is 12.0 Å². The van der Waals surface area contributed by atoms with Crippen LogP contribution in [0.5, 0.6) is 0 Å². The van der Waals surface area contributed by atoms with Crippen LogP contribution in [-0.2, 0) is 10.0 Å². The quantitative estimate of drug-likeness (QED) is 0.859. The Morgan fingerprint density at radius 1 is 1.40 bits per heavy atom. The maximum Gasteiger partial charge on any atom is 0.260 e.